The number of likely N-dealkylation sites (tertiary alicyclic amines) is 2. The Labute approximate surface area is 293 Å². The van der Waals surface area contributed by atoms with Crippen LogP contribution in [0.2, 0.25) is 0 Å². The summed E-state index contributed by atoms with van der Waals surface area (Å²) in [6.45, 7) is 39.0. The topological polar surface area (TPSA) is 98.8 Å². The summed E-state index contributed by atoms with van der Waals surface area (Å²) in [7, 11) is 0. The van der Waals surface area contributed by atoms with Crippen molar-refractivity contribution in [3.8, 4) is 0 Å². The lowest BCUT2D eigenvalue weighted by atomic mass is 9.75. The zero-order chi connectivity index (χ0) is 37.8. The molecular formula is C40H68N4O4. The summed E-state index contributed by atoms with van der Waals surface area (Å²) in [5.41, 5.74) is 1.32. The maximum Gasteiger partial charge on any atom is 0.247 e. The van der Waals surface area contributed by atoms with Crippen LogP contribution in [0.1, 0.15) is 94.9 Å². The maximum atomic E-state index is 11.3. The summed E-state index contributed by atoms with van der Waals surface area (Å²) in [6.07, 6.45) is 9.88. The molecule has 1 aromatic carbocycles. The van der Waals surface area contributed by atoms with E-state index in [2.05, 4.69) is 78.5 Å². The number of nitrogens with zero attached hydrogens (tertiary/aromatic N) is 2. The van der Waals surface area contributed by atoms with Gasteiger partial charge in [-0.15, -0.1) is 0 Å². The van der Waals surface area contributed by atoms with Crippen LogP contribution in [0.5, 0.6) is 0 Å². The van der Waals surface area contributed by atoms with Gasteiger partial charge in [0.15, 0.2) is 0 Å². The molecule has 0 unspecified atom stereocenters. The number of carbonyl (C=O) groups is 4. The molecule has 1 aromatic rings. The van der Waals surface area contributed by atoms with Gasteiger partial charge in [0.25, 0.3) is 0 Å². The fraction of sp³-hybridized carbons (Fsp3) is 0.550. The highest BCUT2D eigenvalue weighted by atomic mass is 16.2. The van der Waals surface area contributed by atoms with E-state index in [1.165, 1.54) is 24.3 Å². The summed E-state index contributed by atoms with van der Waals surface area (Å²) in [5.74, 6) is 0.618. The van der Waals surface area contributed by atoms with E-state index in [9.17, 15) is 19.2 Å². The lowest BCUT2D eigenvalue weighted by molar-refractivity contribution is -0.128. The first-order valence-electron chi connectivity index (χ1n) is 17.3. The van der Waals surface area contributed by atoms with E-state index in [1.54, 1.807) is 0 Å². The average Bonchev–Trinajstić information content (AvgIpc) is 3.64. The minimum absolute atomic E-state index is 0.0764. The molecule has 0 aliphatic carbocycles. The van der Waals surface area contributed by atoms with Gasteiger partial charge in [0.1, 0.15) is 0 Å². The van der Waals surface area contributed by atoms with Gasteiger partial charge in [-0.1, -0.05) is 114 Å². The molecule has 2 heterocycles. The second-order valence-corrected chi connectivity index (χ2v) is 12.9. The number of anilines is 1. The van der Waals surface area contributed by atoms with Crippen LogP contribution in [0.25, 0.3) is 0 Å². The number of carbonyl (C=O) groups excluding carboxylic acids is 4. The Hall–Kier alpha value is -3.94. The van der Waals surface area contributed by atoms with Gasteiger partial charge in [-0.05, 0) is 78.9 Å². The van der Waals surface area contributed by atoms with Crippen LogP contribution in [-0.4, -0.2) is 66.2 Å². The quantitative estimate of drug-likeness (QED) is 0.297. The number of benzene rings is 1. The predicted molar refractivity (Wildman–Crippen MR) is 206 cm³/mol. The molecule has 2 fully saturated rings. The SMILES string of the molecule is C=CC(=O)N1CCC(C(C)(C)C)CC1.C=CC(=O)N1CCCC1.C=CC(=O)NCC(C)(C)C.C=CC(=O)Nc1ccccc1.CC.CC. The molecule has 0 atom stereocenters. The first kappa shape index (κ1) is 48.5. The molecule has 3 rings (SSSR count). The standard InChI is InChI=1S/C12H21NO.C9H9NO.C8H15NO.C7H11NO.2C2H6/c1-5-11(14)13-8-6-10(7-9-13)12(2,3)4;1-2-9(11)10-8-6-4-3-5-7-8;1-5-7(10)9-6-8(2,3)4;1-2-7(9)8-5-3-4-6-8;2*1-2/h5,10H,1,6-9H2,2-4H3;2-7H,1H2,(H,10,11);5H,1,6H2,2-4H3,(H,9,10);2H,1,3-6H2;2*1-2H3. The van der Waals surface area contributed by atoms with E-state index in [-0.39, 0.29) is 29.0 Å². The molecule has 8 heteroatoms. The van der Waals surface area contributed by atoms with E-state index in [4.69, 9.17) is 0 Å². The summed E-state index contributed by atoms with van der Waals surface area (Å²) < 4.78 is 0. The van der Waals surface area contributed by atoms with Gasteiger partial charge in [0.2, 0.25) is 23.6 Å². The molecule has 2 aliphatic rings. The summed E-state index contributed by atoms with van der Waals surface area (Å²) in [4.78, 5) is 47.3. The molecule has 2 aliphatic heterocycles. The molecule has 0 radical (unpaired) electrons. The third kappa shape index (κ3) is 25.2. The van der Waals surface area contributed by atoms with Crippen LogP contribution < -0.4 is 10.6 Å². The maximum absolute atomic E-state index is 11.3. The zero-order valence-electron chi connectivity index (χ0n) is 32.0. The van der Waals surface area contributed by atoms with Gasteiger partial charge in [-0.3, -0.25) is 19.2 Å². The van der Waals surface area contributed by atoms with Gasteiger partial charge < -0.3 is 20.4 Å². The van der Waals surface area contributed by atoms with Crippen molar-refractivity contribution in [1.82, 2.24) is 15.1 Å². The molecule has 0 spiro atoms. The van der Waals surface area contributed by atoms with Crippen LogP contribution >= 0.6 is 0 Å². The molecule has 4 amide bonds. The number of piperidine rings is 1. The number of para-hydroxylation sites is 1. The second kappa shape index (κ2) is 28.1. The van der Waals surface area contributed by atoms with Crippen molar-refractivity contribution < 1.29 is 19.2 Å². The number of rotatable bonds is 6. The van der Waals surface area contributed by atoms with Crippen molar-refractivity contribution in [2.24, 2.45) is 16.7 Å². The molecule has 2 N–H and O–H groups in total. The summed E-state index contributed by atoms with van der Waals surface area (Å²) >= 11 is 0. The molecular weight excluding hydrogens is 600 g/mol. The predicted octanol–water partition coefficient (Wildman–Crippen LogP) is 8.45. The highest BCUT2D eigenvalue weighted by Crippen LogP contribution is 2.34. The fourth-order valence-electron chi connectivity index (χ4n) is 4.30. The molecule has 48 heavy (non-hydrogen) atoms. The van der Waals surface area contributed by atoms with Crippen LogP contribution in [0, 0.1) is 16.7 Å². The largest absolute Gasteiger partial charge is 0.352 e. The molecule has 0 aromatic heterocycles. The minimum atomic E-state index is -0.184. The Bertz CT molecular complexity index is 1070. The Morgan fingerprint density at radius 2 is 1.10 bits per heavy atom. The zero-order valence-corrected chi connectivity index (χ0v) is 32.0. The van der Waals surface area contributed by atoms with Crippen LogP contribution in [-0.2, 0) is 19.2 Å². The highest BCUT2D eigenvalue weighted by Gasteiger charge is 2.29. The smallest absolute Gasteiger partial charge is 0.247 e. The van der Waals surface area contributed by atoms with Gasteiger partial charge >= 0.3 is 0 Å². The Morgan fingerprint density at radius 1 is 0.688 bits per heavy atom. The average molecular weight is 669 g/mol. The van der Waals surface area contributed by atoms with E-state index in [1.807, 2.05) is 67.8 Å². The van der Waals surface area contributed by atoms with Gasteiger partial charge in [0.05, 0.1) is 0 Å². The number of hydrogen-bond acceptors (Lipinski definition) is 4. The molecule has 0 bridgehead atoms. The van der Waals surface area contributed by atoms with Crippen molar-refractivity contribution >= 4 is 29.3 Å². The van der Waals surface area contributed by atoms with E-state index in [0.29, 0.717) is 12.0 Å². The number of nitrogens with one attached hydrogen (secondary N) is 2. The second-order valence-electron chi connectivity index (χ2n) is 12.9. The Kier molecular flexibility index (Phi) is 28.4. The van der Waals surface area contributed by atoms with Crippen LogP contribution in [0.4, 0.5) is 5.69 Å². The highest BCUT2D eigenvalue weighted by molar-refractivity contribution is 5.98. The lowest BCUT2D eigenvalue weighted by Crippen LogP contribution is -2.40. The van der Waals surface area contributed by atoms with E-state index >= 15 is 0 Å². The van der Waals surface area contributed by atoms with Gasteiger partial charge in [-0.2, -0.15) is 0 Å². The van der Waals surface area contributed by atoms with Crippen molar-refractivity contribution in [3.63, 3.8) is 0 Å². The Morgan fingerprint density at radius 3 is 1.46 bits per heavy atom. The van der Waals surface area contributed by atoms with E-state index in [0.717, 1.165) is 63.5 Å². The molecule has 272 valence electrons. The van der Waals surface area contributed by atoms with Crippen LogP contribution in [0.3, 0.4) is 0 Å². The van der Waals surface area contributed by atoms with Gasteiger partial charge in [-0.25, -0.2) is 0 Å². The molecule has 0 saturated carbocycles. The summed E-state index contributed by atoms with van der Waals surface area (Å²) in [5, 5.41) is 5.35. The van der Waals surface area contributed by atoms with Crippen molar-refractivity contribution in [1.29, 1.82) is 0 Å². The molecule has 8 nitrogen and oxygen atoms in total. The third-order valence-electron chi connectivity index (χ3n) is 7.00. The number of hydrogen-bond donors (Lipinski definition) is 2. The van der Waals surface area contributed by atoms with E-state index < -0.39 is 0 Å². The minimum Gasteiger partial charge on any atom is -0.352 e. The summed E-state index contributed by atoms with van der Waals surface area (Å²) in [6, 6.07) is 9.25. The van der Waals surface area contributed by atoms with Gasteiger partial charge in [0, 0.05) is 38.4 Å². The van der Waals surface area contributed by atoms with Crippen molar-refractivity contribution in [3.05, 3.63) is 81.0 Å². The lowest BCUT2D eigenvalue weighted by Gasteiger charge is -2.38. The normalized spacial score (nSPS) is 13.5. The number of amides is 4. The first-order chi connectivity index (χ1) is 22.6. The fourth-order valence-corrected chi connectivity index (χ4v) is 4.30. The Balaban J connectivity index is -0.000000549. The monoisotopic (exact) mass is 669 g/mol. The van der Waals surface area contributed by atoms with Crippen LogP contribution in [0.15, 0.2) is 81.0 Å². The third-order valence-corrected chi connectivity index (χ3v) is 7.00. The van der Waals surface area contributed by atoms with Crippen molar-refractivity contribution in [2.75, 3.05) is 38.0 Å². The molecule has 2 saturated heterocycles. The first-order valence-corrected chi connectivity index (χ1v) is 17.3. The van der Waals surface area contributed by atoms with Crippen molar-refractivity contribution in [2.45, 2.75) is 94.9 Å².